The van der Waals surface area contributed by atoms with E-state index >= 15 is 0 Å². The maximum Gasteiger partial charge on any atom is 0.258 e. The third-order valence-corrected chi connectivity index (χ3v) is 7.70. The van der Waals surface area contributed by atoms with Crippen molar-refractivity contribution in [1.29, 1.82) is 0 Å². The van der Waals surface area contributed by atoms with Crippen molar-refractivity contribution < 1.29 is 14.7 Å². The van der Waals surface area contributed by atoms with Crippen LogP contribution in [0.15, 0.2) is 59.8 Å². The van der Waals surface area contributed by atoms with Crippen LogP contribution in [0.3, 0.4) is 0 Å². The molecule has 8 heteroatoms. The maximum absolute atomic E-state index is 13.3. The summed E-state index contributed by atoms with van der Waals surface area (Å²) in [6.45, 7) is 2.90. The number of carbonyl (C=O) groups excluding carboxylic acids is 2. The quantitative estimate of drug-likeness (QED) is 0.556. The number of nitrogens with two attached hydrogens (primary N) is 1. The highest BCUT2D eigenvalue weighted by molar-refractivity contribution is 8.00. The Hall–Kier alpha value is -2.68. The highest BCUT2D eigenvalue weighted by Crippen LogP contribution is 2.39. The fourth-order valence-electron chi connectivity index (χ4n) is 3.55. The highest BCUT2D eigenvalue weighted by Gasteiger charge is 2.32. The van der Waals surface area contributed by atoms with Gasteiger partial charge in [0.1, 0.15) is 5.25 Å². The van der Waals surface area contributed by atoms with Gasteiger partial charge in [0.2, 0.25) is 5.91 Å². The predicted molar refractivity (Wildman–Crippen MR) is 123 cm³/mol. The number of thiophene rings is 1. The largest absolute Gasteiger partial charge is 0.391 e. The second kappa shape index (κ2) is 9.21. The number of aromatic nitrogens is 1. The Balaban J connectivity index is 1.60. The summed E-state index contributed by atoms with van der Waals surface area (Å²) >= 11 is 2.76. The molecule has 2 amide bonds. The van der Waals surface area contributed by atoms with Crippen LogP contribution in [0.5, 0.6) is 0 Å². The molecule has 2 aromatic heterocycles. The van der Waals surface area contributed by atoms with E-state index in [0.717, 1.165) is 26.6 Å². The van der Waals surface area contributed by atoms with E-state index in [9.17, 15) is 14.7 Å². The summed E-state index contributed by atoms with van der Waals surface area (Å²) in [6.07, 6.45) is 1.91. The van der Waals surface area contributed by atoms with Crippen LogP contribution in [0.2, 0.25) is 0 Å². The van der Waals surface area contributed by atoms with E-state index in [1.54, 1.807) is 17.2 Å². The molecule has 1 aromatic carbocycles. The van der Waals surface area contributed by atoms with E-state index < -0.39 is 17.3 Å². The molecular weight excluding hydrogens is 430 g/mol. The standard InChI is InChI=1S/C23H23N3O3S2/c1-14-11-16(18-7-8-19(30-18)21(24)28)12-25-22(14)31-20(15-5-3-2-4-6-15)23(29)26-10-9-17(27)13-26/h2-8,11-12,17,20,27H,9-10,13H2,1H3,(H2,24,28)/t17-,20?/m0/s1. The molecule has 31 heavy (non-hydrogen) atoms. The fraction of sp³-hybridized carbons (Fsp3) is 0.261. The average Bonchev–Trinajstić information content (AvgIpc) is 3.43. The van der Waals surface area contributed by atoms with Crippen LogP contribution in [-0.2, 0) is 4.79 Å². The van der Waals surface area contributed by atoms with Crippen LogP contribution in [0.25, 0.3) is 10.4 Å². The molecule has 3 aromatic rings. The molecule has 1 unspecified atom stereocenters. The zero-order valence-electron chi connectivity index (χ0n) is 17.0. The number of hydrogen-bond acceptors (Lipinski definition) is 6. The lowest BCUT2D eigenvalue weighted by atomic mass is 10.1. The topological polar surface area (TPSA) is 96.5 Å². The molecule has 1 aliphatic rings. The predicted octanol–water partition coefficient (Wildman–Crippen LogP) is 3.64. The summed E-state index contributed by atoms with van der Waals surface area (Å²) in [7, 11) is 0. The Labute approximate surface area is 189 Å². The van der Waals surface area contributed by atoms with Gasteiger partial charge in [-0.15, -0.1) is 11.3 Å². The number of carbonyl (C=O) groups is 2. The first-order valence-electron chi connectivity index (χ1n) is 9.97. The number of pyridine rings is 1. The number of amides is 2. The fourth-order valence-corrected chi connectivity index (χ4v) is 5.52. The van der Waals surface area contributed by atoms with Gasteiger partial charge in [0, 0.05) is 29.7 Å². The van der Waals surface area contributed by atoms with Crippen molar-refractivity contribution in [2.24, 2.45) is 5.73 Å². The Morgan fingerprint density at radius 3 is 2.65 bits per heavy atom. The lowest BCUT2D eigenvalue weighted by Gasteiger charge is -2.23. The van der Waals surface area contributed by atoms with Crippen molar-refractivity contribution in [1.82, 2.24) is 9.88 Å². The maximum atomic E-state index is 13.3. The number of thioether (sulfide) groups is 1. The van der Waals surface area contributed by atoms with Crippen molar-refractivity contribution >= 4 is 34.9 Å². The third kappa shape index (κ3) is 4.81. The molecule has 6 nitrogen and oxygen atoms in total. The lowest BCUT2D eigenvalue weighted by molar-refractivity contribution is -0.130. The van der Waals surface area contributed by atoms with Gasteiger partial charge in [0.15, 0.2) is 0 Å². The molecule has 1 fully saturated rings. The molecule has 4 rings (SSSR count). The molecular formula is C23H23N3O3S2. The zero-order chi connectivity index (χ0) is 22.0. The molecule has 2 atom stereocenters. The second-order valence-electron chi connectivity index (χ2n) is 7.51. The minimum Gasteiger partial charge on any atom is -0.391 e. The lowest BCUT2D eigenvalue weighted by Crippen LogP contribution is -2.33. The molecule has 3 N–H and O–H groups in total. The van der Waals surface area contributed by atoms with Crippen LogP contribution in [-0.4, -0.2) is 46.0 Å². The van der Waals surface area contributed by atoms with Crippen LogP contribution in [0.4, 0.5) is 0 Å². The molecule has 1 saturated heterocycles. The average molecular weight is 454 g/mol. The van der Waals surface area contributed by atoms with E-state index in [1.807, 2.05) is 49.4 Å². The second-order valence-corrected chi connectivity index (χ2v) is 9.69. The first kappa shape index (κ1) is 21.5. The number of nitrogens with zero attached hydrogens (tertiary/aromatic N) is 2. The number of hydrogen-bond donors (Lipinski definition) is 2. The van der Waals surface area contributed by atoms with Gasteiger partial charge >= 0.3 is 0 Å². The van der Waals surface area contributed by atoms with Gasteiger partial charge in [0.25, 0.3) is 5.91 Å². The summed E-state index contributed by atoms with van der Waals surface area (Å²) < 4.78 is 0. The van der Waals surface area contributed by atoms with Crippen molar-refractivity contribution in [2.75, 3.05) is 13.1 Å². The summed E-state index contributed by atoms with van der Waals surface area (Å²) in [5.41, 5.74) is 8.13. The number of aliphatic hydroxyl groups is 1. The van der Waals surface area contributed by atoms with Crippen LogP contribution < -0.4 is 5.73 Å². The van der Waals surface area contributed by atoms with Crippen molar-refractivity contribution in [3.05, 3.63) is 70.7 Å². The van der Waals surface area contributed by atoms with E-state index in [4.69, 9.17) is 5.73 Å². The minimum atomic E-state index is -0.458. The van der Waals surface area contributed by atoms with Gasteiger partial charge in [-0.3, -0.25) is 9.59 Å². The number of β-amino-alcohol motifs (C(OH)–C–C–N with tert-alkyl or cyclic N) is 1. The first-order chi connectivity index (χ1) is 14.9. The Bertz CT molecular complexity index is 1100. The molecule has 0 bridgehead atoms. The number of rotatable bonds is 6. The van der Waals surface area contributed by atoms with Crippen molar-refractivity contribution in [3.63, 3.8) is 0 Å². The van der Waals surface area contributed by atoms with Gasteiger partial charge in [-0.2, -0.15) is 0 Å². The van der Waals surface area contributed by atoms with Gasteiger partial charge in [-0.1, -0.05) is 42.1 Å². The van der Waals surface area contributed by atoms with Crippen molar-refractivity contribution in [3.8, 4) is 10.4 Å². The Morgan fingerprint density at radius 1 is 1.26 bits per heavy atom. The Kier molecular flexibility index (Phi) is 6.41. The van der Waals surface area contributed by atoms with Crippen LogP contribution in [0, 0.1) is 6.92 Å². The van der Waals surface area contributed by atoms with E-state index in [-0.39, 0.29) is 5.91 Å². The molecule has 1 aliphatic heterocycles. The highest BCUT2D eigenvalue weighted by atomic mass is 32.2. The summed E-state index contributed by atoms with van der Waals surface area (Å²) in [5, 5.41) is 10.2. The normalized spacial score (nSPS) is 17.0. The number of benzene rings is 1. The number of primary amides is 1. The van der Waals surface area contributed by atoms with Crippen LogP contribution in [0.1, 0.15) is 32.5 Å². The number of likely N-dealkylation sites (tertiary alicyclic amines) is 1. The zero-order valence-corrected chi connectivity index (χ0v) is 18.7. The smallest absolute Gasteiger partial charge is 0.258 e. The Morgan fingerprint density at radius 2 is 2.03 bits per heavy atom. The molecule has 0 radical (unpaired) electrons. The van der Waals surface area contributed by atoms with Gasteiger partial charge < -0.3 is 15.7 Å². The minimum absolute atomic E-state index is 0.0117. The molecule has 160 valence electrons. The van der Waals surface area contributed by atoms with Gasteiger partial charge in [-0.25, -0.2) is 4.98 Å². The molecule has 0 saturated carbocycles. The summed E-state index contributed by atoms with van der Waals surface area (Å²) in [4.78, 5) is 32.5. The van der Waals surface area contributed by atoms with Gasteiger partial charge in [0.05, 0.1) is 16.0 Å². The van der Waals surface area contributed by atoms with Gasteiger partial charge in [-0.05, 0) is 42.7 Å². The monoisotopic (exact) mass is 453 g/mol. The summed E-state index contributed by atoms with van der Waals surface area (Å²) in [6, 6.07) is 15.3. The van der Waals surface area contributed by atoms with Crippen molar-refractivity contribution in [2.45, 2.75) is 29.7 Å². The number of aliphatic hydroxyl groups excluding tert-OH is 1. The molecule has 0 spiro atoms. The molecule has 0 aliphatic carbocycles. The molecule has 3 heterocycles. The van der Waals surface area contributed by atoms with E-state index in [1.165, 1.54) is 23.1 Å². The van der Waals surface area contributed by atoms with E-state index in [0.29, 0.717) is 24.4 Å². The SMILES string of the molecule is Cc1cc(-c2ccc(C(N)=O)s2)cnc1SC(C(=O)N1CC[C@H](O)C1)c1ccccc1. The van der Waals surface area contributed by atoms with Crippen LogP contribution >= 0.6 is 23.1 Å². The third-order valence-electron chi connectivity index (χ3n) is 5.19. The number of aryl methyl sites for hydroxylation is 1. The first-order valence-corrected chi connectivity index (χ1v) is 11.7. The summed E-state index contributed by atoms with van der Waals surface area (Å²) in [5.74, 6) is -0.452. The van der Waals surface area contributed by atoms with E-state index in [2.05, 4.69) is 4.98 Å².